The Morgan fingerprint density at radius 2 is 2.36 bits per heavy atom. The van der Waals surface area contributed by atoms with Crippen molar-refractivity contribution in [2.24, 2.45) is 0 Å². The third-order valence-electron chi connectivity index (χ3n) is 2.99. The van der Waals surface area contributed by atoms with Crippen molar-refractivity contribution in [3.05, 3.63) is 34.3 Å². The van der Waals surface area contributed by atoms with Crippen molar-refractivity contribution in [1.29, 1.82) is 0 Å². The van der Waals surface area contributed by atoms with Gasteiger partial charge in [-0.2, -0.15) is 0 Å². The molecule has 1 aliphatic carbocycles. The van der Waals surface area contributed by atoms with Crippen molar-refractivity contribution in [3.63, 3.8) is 0 Å². The zero-order chi connectivity index (χ0) is 9.97. The van der Waals surface area contributed by atoms with Crippen LogP contribution in [0.4, 0.5) is 0 Å². The highest BCUT2D eigenvalue weighted by atomic mass is 35.5. The molecule has 0 fully saturated rings. The molecular weight excluding hydrogens is 194 g/mol. The summed E-state index contributed by atoms with van der Waals surface area (Å²) in [5.41, 5.74) is 2.94. The van der Waals surface area contributed by atoms with Crippen LogP contribution in [0.1, 0.15) is 29.9 Å². The summed E-state index contributed by atoms with van der Waals surface area (Å²) in [4.78, 5) is 0. The lowest BCUT2D eigenvalue weighted by atomic mass is 9.83. The Balaban J connectivity index is 2.30. The van der Waals surface area contributed by atoms with Crippen molar-refractivity contribution >= 4 is 11.6 Å². The Labute approximate surface area is 90.5 Å². The minimum Gasteiger partial charge on any atom is -0.319 e. The lowest BCUT2D eigenvalue weighted by Crippen LogP contribution is -2.21. The van der Waals surface area contributed by atoms with Gasteiger partial charge in [0.2, 0.25) is 0 Å². The van der Waals surface area contributed by atoms with Crippen LogP contribution in [0.25, 0.3) is 0 Å². The molecule has 2 heteroatoms. The highest BCUT2D eigenvalue weighted by Gasteiger charge is 2.19. The molecule has 1 unspecified atom stereocenters. The van der Waals surface area contributed by atoms with E-state index in [2.05, 4.69) is 17.4 Å². The lowest BCUT2D eigenvalue weighted by Gasteiger charge is -2.25. The number of fused-ring (bicyclic) bond motifs is 1. The summed E-state index contributed by atoms with van der Waals surface area (Å²) >= 11 is 5.99. The Hall–Kier alpha value is -0.530. The number of rotatable bonds is 2. The molecule has 1 atom stereocenters. The van der Waals surface area contributed by atoms with Gasteiger partial charge < -0.3 is 5.32 Å². The first-order valence-electron chi connectivity index (χ1n) is 5.24. The van der Waals surface area contributed by atoms with Crippen molar-refractivity contribution < 1.29 is 0 Å². The normalized spacial score (nSPS) is 20.6. The summed E-state index contributed by atoms with van der Waals surface area (Å²) in [6, 6.07) is 6.33. The van der Waals surface area contributed by atoms with E-state index in [1.165, 1.54) is 30.4 Å². The predicted octanol–water partition coefficient (Wildman–Crippen LogP) is 2.98. The monoisotopic (exact) mass is 209 g/mol. The van der Waals surface area contributed by atoms with Crippen LogP contribution in [0.15, 0.2) is 18.2 Å². The van der Waals surface area contributed by atoms with E-state index in [1.54, 1.807) is 0 Å². The first kappa shape index (κ1) is 10.0. The molecule has 0 aliphatic heterocycles. The van der Waals surface area contributed by atoms with Gasteiger partial charge in [0.25, 0.3) is 0 Å². The summed E-state index contributed by atoms with van der Waals surface area (Å²) in [6.45, 7) is 1.08. The summed E-state index contributed by atoms with van der Waals surface area (Å²) in [6.07, 6.45) is 3.78. The summed E-state index contributed by atoms with van der Waals surface area (Å²) in [7, 11) is 2.02. The Morgan fingerprint density at radius 1 is 1.50 bits per heavy atom. The van der Waals surface area contributed by atoms with Crippen LogP contribution < -0.4 is 5.32 Å². The van der Waals surface area contributed by atoms with E-state index in [0.717, 1.165) is 11.6 Å². The topological polar surface area (TPSA) is 12.0 Å². The largest absolute Gasteiger partial charge is 0.319 e. The van der Waals surface area contributed by atoms with E-state index in [9.17, 15) is 0 Å². The van der Waals surface area contributed by atoms with Crippen LogP contribution in [0.2, 0.25) is 5.02 Å². The number of hydrogen-bond donors (Lipinski definition) is 1. The molecule has 0 spiro atoms. The highest BCUT2D eigenvalue weighted by Crippen LogP contribution is 2.32. The fraction of sp³-hybridized carbons (Fsp3) is 0.500. The highest BCUT2D eigenvalue weighted by molar-refractivity contribution is 6.30. The molecule has 0 heterocycles. The van der Waals surface area contributed by atoms with Crippen LogP contribution in [-0.4, -0.2) is 13.6 Å². The summed E-state index contributed by atoms with van der Waals surface area (Å²) in [5.74, 6) is 0.681. The van der Waals surface area contributed by atoms with Gasteiger partial charge in [0.1, 0.15) is 0 Å². The lowest BCUT2D eigenvalue weighted by molar-refractivity contribution is 0.529. The van der Waals surface area contributed by atoms with Crippen molar-refractivity contribution in [2.45, 2.75) is 25.2 Å². The maximum absolute atomic E-state index is 5.99. The number of hydrogen-bond acceptors (Lipinski definition) is 1. The molecule has 0 radical (unpaired) electrons. The van der Waals surface area contributed by atoms with Crippen LogP contribution in [0, 0.1) is 0 Å². The SMILES string of the molecule is CNCC1CCCc2cc(Cl)ccc21. The van der Waals surface area contributed by atoms with Gasteiger partial charge >= 0.3 is 0 Å². The fourth-order valence-electron chi connectivity index (χ4n) is 2.34. The van der Waals surface area contributed by atoms with E-state index >= 15 is 0 Å². The molecule has 0 bridgehead atoms. The molecule has 1 aromatic carbocycles. The number of nitrogens with one attached hydrogen (secondary N) is 1. The van der Waals surface area contributed by atoms with E-state index in [0.29, 0.717) is 5.92 Å². The van der Waals surface area contributed by atoms with E-state index in [4.69, 9.17) is 11.6 Å². The Kier molecular flexibility index (Phi) is 3.09. The van der Waals surface area contributed by atoms with Crippen LogP contribution in [0.5, 0.6) is 0 Å². The predicted molar refractivity (Wildman–Crippen MR) is 61.1 cm³/mol. The minimum absolute atomic E-state index is 0.681. The molecule has 76 valence electrons. The van der Waals surface area contributed by atoms with Gasteiger partial charge in [-0.15, -0.1) is 0 Å². The maximum Gasteiger partial charge on any atom is 0.0408 e. The van der Waals surface area contributed by atoms with Gasteiger partial charge in [0.15, 0.2) is 0 Å². The van der Waals surface area contributed by atoms with E-state index < -0.39 is 0 Å². The quantitative estimate of drug-likeness (QED) is 0.790. The van der Waals surface area contributed by atoms with Gasteiger partial charge in [0, 0.05) is 11.6 Å². The van der Waals surface area contributed by atoms with Crippen LogP contribution in [-0.2, 0) is 6.42 Å². The Bertz CT molecular complexity index is 322. The van der Waals surface area contributed by atoms with Crippen LogP contribution >= 0.6 is 11.6 Å². The zero-order valence-corrected chi connectivity index (χ0v) is 9.27. The van der Waals surface area contributed by atoms with Gasteiger partial charge in [-0.1, -0.05) is 17.7 Å². The Morgan fingerprint density at radius 3 is 3.14 bits per heavy atom. The molecule has 1 nitrogen and oxygen atoms in total. The van der Waals surface area contributed by atoms with E-state index in [-0.39, 0.29) is 0 Å². The zero-order valence-electron chi connectivity index (χ0n) is 8.52. The second-order valence-corrected chi connectivity index (χ2v) is 4.43. The molecule has 1 aromatic rings. The standard InChI is InChI=1S/C12H16ClN/c1-14-8-10-4-2-3-9-7-11(13)5-6-12(9)10/h5-7,10,14H,2-4,8H2,1H3. The molecule has 0 amide bonds. The van der Waals surface area contributed by atoms with Gasteiger partial charge in [-0.3, -0.25) is 0 Å². The fourth-order valence-corrected chi connectivity index (χ4v) is 2.54. The average Bonchev–Trinajstić information content (AvgIpc) is 2.18. The number of halogens is 1. The second kappa shape index (κ2) is 4.33. The van der Waals surface area contributed by atoms with Crippen molar-refractivity contribution in [3.8, 4) is 0 Å². The number of likely N-dealkylation sites (N-methyl/N-ethyl adjacent to an activating group) is 1. The van der Waals surface area contributed by atoms with Gasteiger partial charge in [0.05, 0.1) is 0 Å². The average molecular weight is 210 g/mol. The van der Waals surface area contributed by atoms with E-state index in [1.807, 2.05) is 13.1 Å². The third kappa shape index (κ3) is 1.94. The summed E-state index contributed by atoms with van der Waals surface area (Å²) in [5, 5.41) is 4.13. The summed E-state index contributed by atoms with van der Waals surface area (Å²) < 4.78 is 0. The maximum atomic E-state index is 5.99. The van der Waals surface area contributed by atoms with Gasteiger partial charge in [-0.05, 0) is 55.5 Å². The molecule has 1 N–H and O–H groups in total. The molecule has 0 saturated heterocycles. The first-order chi connectivity index (χ1) is 6.81. The number of aryl methyl sites for hydroxylation is 1. The van der Waals surface area contributed by atoms with Crippen LogP contribution in [0.3, 0.4) is 0 Å². The smallest absolute Gasteiger partial charge is 0.0408 e. The third-order valence-corrected chi connectivity index (χ3v) is 3.23. The molecular formula is C12H16ClN. The molecule has 2 rings (SSSR count). The van der Waals surface area contributed by atoms with Crippen molar-refractivity contribution in [2.75, 3.05) is 13.6 Å². The van der Waals surface area contributed by atoms with Crippen molar-refractivity contribution in [1.82, 2.24) is 5.32 Å². The van der Waals surface area contributed by atoms with Gasteiger partial charge in [-0.25, -0.2) is 0 Å². The molecule has 0 saturated carbocycles. The molecule has 1 aliphatic rings. The molecule has 14 heavy (non-hydrogen) atoms. The first-order valence-corrected chi connectivity index (χ1v) is 5.62. The number of benzene rings is 1. The molecule has 0 aromatic heterocycles. The second-order valence-electron chi connectivity index (χ2n) is 3.99. The minimum atomic E-state index is 0.681.